The molecule has 0 saturated heterocycles. The first kappa shape index (κ1) is 14.6. The maximum atomic E-state index is 12.1. The molecule has 5 nitrogen and oxygen atoms in total. The van der Waals surface area contributed by atoms with E-state index in [4.69, 9.17) is 13.9 Å². The van der Waals surface area contributed by atoms with Crippen molar-refractivity contribution in [2.75, 3.05) is 7.11 Å². The topological polar surface area (TPSA) is 61.6 Å². The number of carbonyl (C=O) groups excluding carboxylic acids is 1. The smallest absolute Gasteiger partial charge is 0.346 e. The van der Waals surface area contributed by atoms with Crippen LogP contribution in [0.5, 0.6) is 5.75 Å². The van der Waals surface area contributed by atoms with E-state index in [0.717, 1.165) is 0 Å². The molecule has 1 aromatic heterocycles. The van der Waals surface area contributed by atoms with Crippen LogP contribution in [-0.2, 0) is 9.53 Å². The third kappa shape index (κ3) is 4.35. The van der Waals surface area contributed by atoms with E-state index >= 15 is 0 Å². The Morgan fingerprint density at radius 3 is 2.67 bits per heavy atom. The average Bonchev–Trinajstić information content (AvgIpc) is 2.90. The monoisotopic (exact) mass is 285 g/mol. The number of oxazole rings is 1. The maximum Gasteiger partial charge on any atom is 0.346 e. The summed E-state index contributed by atoms with van der Waals surface area (Å²) in [5, 5.41) is 0. The van der Waals surface area contributed by atoms with E-state index in [0.29, 0.717) is 17.3 Å². The molecule has 0 aliphatic carbocycles. The Bertz CT molecular complexity index is 656. The van der Waals surface area contributed by atoms with Crippen molar-refractivity contribution in [3.8, 4) is 5.75 Å². The van der Waals surface area contributed by atoms with Gasteiger partial charge in [-0.3, -0.25) is 0 Å². The van der Waals surface area contributed by atoms with E-state index in [1.165, 1.54) is 19.6 Å². The number of para-hydroxylation sites is 1. The van der Waals surface area contributed by atoms with Crippen molar-refractivity contribution in [2.45, 2.75) is 6.92 Å². The molecular weight excluding hydrogens is 270 g/mol. The largest absolute Gasteiger partial charge is 0.503 e. The SMILES string of the molecule is COC=C(C=Cc1coc(C)n1)C(=O)Oc1ccccc1. The molecule has 0 radical (unpaired) electrons. The predicted molar refractivity (Wildman–Crippen MR) is 77.4 cm³/mol. The molecule has 0 N–H and O–H groups in total. The number of benzene rings is 1. The van der Waals surface area contributed by atoms with Crippen LogP contribution in [0.3, 0.4) is 0 Å². The lowest BCUT2D eigenvalue weighted by atomic mass is 10.2. The molecule has 2 rings (SSSR count). The van der Waals surface area contributed by atoms with E-state index in [9.17, 15) is 4.79 Å². The molecule has 0 unspecified atom stereocenters. The lowest BCUT2D eigenvalue weighted by Gasteiger charge is -2.04. The number of carbonyl (C=O) groups is 1. The fraction of sp³-hybridized carbons (Fsp3) is 0.125. The second-order valence-corrected chi connectivity index (χ2v) is 4.14. The minimum absolute atomic E-state index is 0.266. The van der Waals surface area contributed by atoms with Gasteiger partial charge in [-0.05, 0) is 24.3 Å². The second kappa shape index (κ2) is 7.09. The van der Waals surface area contributed by atoms with Crippen molar-refractivity contribution in [1.29, 1.82) is 0 Å². The van der Waals surface area contributed by atoms with Crippen LogP contribution < -0.4 is 4.74 Å². The quantitative estimate of drug-likeness (QED) is 0.278. The lowest BCUT2D eigenvalue weighted by molar-refractivity contribution is -0.129. The fourth-order valence-corrected chi connectivity index (χ4v) is 1.57. The highest BCUT2D eigenvalue weighted by atomic mass is 16.5. The van der Waals surface area contributed by atoms with Gasteiger partial charge >= 0.3 is 5.97 Å². The maximum absolute atomic E-state index is 12.1. The number of hydrogen-bond acceptors (Lipinski definition) is 5. The molecule has 1 aromatic carbocycles. The van der Waals surface area contributed by atoms with Crippen molar-refractivity contribution in [2.24, 2.45) is 0 Å². The van der Waals surface area contributed by atoms with Crippen LogP contribution in [0.4, 0.5) is 0 Å². The number of aromatic nitrogens is 1. The number of nitrogens with zero attached hydrogens (tertiary/aromatic N) is 1. The Labute approximate surface area is 122 Å². The van der Waals surface area contributed by atoms with Crippen molar-refractivity contribution >= 4 is 12.0 Å². The zero-order valence-electron chi connectivity index (χ0n) is 11.8. The Kier molecular flexibility index (Phi) is 4.93. The molecule has 0 bridgehead atoms. The summed E-state index contributed by atoms with van der Waals surface area (Å²) in [4.78, 5) is 16.2. The van der Waals surface area contributed by atoms with Gasteiger partial charge in [0.15, 0.2) is 5.89 Å². The predicted octanol–water partition coefficient (Wildman–Crippen LogP) is 3.13. The summed E-state index contributed by atoms with van der Waals surface area (Å²) >= 11 is 0. The summed E-state index contributed by atoms with van der Waals surface area (Å²) in [6.07, 6.45) is 6.02. The number of ether oxygens (including phenoxy) is 2. The molecule has 108 valence electrons. The van der Waals surface area contributed by atoms with Gasteiger partial charge in [-0.25, -0.2) is 9.78 Å². The van der Waals surface area contributed by atoms with Crippen molar-refractivity contribution in [3.63, 3.8) is 0 Å². The van der Waals surface area contributed by atoms with Crippen LogP contribution in [0.15, 0.2) is 58.9 Å². The molecule has 21 heavy (non-hydrogen) atoms. The van der Waals surface area contributed by atoms with Crippen molar-refractivity contribution in [3.05, 3.63) is 66.1 Å². The van der Waals surface area contributed by atoms with Crippen LogP contribution in [0.1, 0.15) is 11.6 Å². The number of esters is 1. The van der Waals surface area contributed by atoms with Crippen molar-refractivity contribution in [1.82, 2.24) is 4.98 Å². The summed E-state index contributed by atoms with van der Waals surface area (Å²) in [5.74, 6) is 0.508. The van der Waals surface area contributed by atoms with Gasteiger partial charge in [0.25, 0.3) is 0 Å². The molecule has 0 saturated carbocycles. The first-order chi connectivity index (χ1) is 10.2. The molecule has 0 spiro atoms. The van der Waals surface area contributed by atoms with Crippen LogP contribution in [0, 0.1) is 6.92 Å². The summed E-state index contributed by atoms with van der Waals surface area (Å²) in [5.41, 5.74) is 0.879. The number of aryl methyl sites for hydroxylation is 1. The summed E-state index contributed by atoms with van der Waals surface area (Å²) in [6, 6.07) is 8.82. The van der Waals surface area contributed by atoms with Gasteiger partial charge in [0.05, 0.1) is 18.9 Å². The molecule has 0 atom stereocenters. The minimum atomic E-state index is -0.514. The average molecular weight is 285 g/mol. The molecule has 2 aromatic rings. The highest BCUT2D eigenvalue weighted by molar-refractivity contribution is 5.93. The third-order valence-corrected chi connectivity index (χ3v) is 2.50. The van der Waals surface area contributed by atoms with Gasteiger partial charge in [0, 0.05) is 6.92 Å². The first-order valence-corrected chi connectivity index (χ1v) is 6.29. The molecule has 0 amide bonds. The fourth-order valence-electron chi connectivity index (χ4n) is 1.57. The summed E-state index contributed by atoms with van der Waals surface area (Å²) < 4.78 is 15.2. The zero-order valence-corrected chi connectivity index (χ0v) is 11.8. The summed E-state index contributed by atoms with van der Waals surface area (Å²) in [6.45, 7) is 1.74. The van der Waals surface area contributed by atoms with Gasteiger partial charge in [0.1, 0.15) is 17.7 Å². The Hall–Kier alpha value is -2.82. The van der Waals surface area contributed by atoms with Gasteiger partial charge in [0.2, 0.25) is 0 Å². The van der Waals surface area contributed by atoms with Gasteiger partial charge in [-0.2, -0.15) is 0 Å². The molecule has 1 heterocycles. The Balaban J connectivity index is 2.10. The highest BCUT2D eigenvalue weighted by Gasteiger charge is 2.10. The summed E-state index contributed by atoms with van der Waals surface area (Å²) in [7, 11) is 1.46. The standard InChI is InChI=1S/C16H15NO4/c1-12-17-14(11-20-12)9-8-13(10-19-2)16(18)21-15-6-4-3-5-7-15/h3-11H,1-2H3. The van der Waals surface area contributed by atoms with E-state index in [2.05, 4.69) is 4.98 Å². The van der Waals surface area contributed by atoms with Crippen LogP contribution >= 0.6 is 0 Å². The van der Waals surface area contributed by atoms with E-state index in [-0.39, 0.29) is 5.57 Å². The highest BCUT2D eigenvalue weighted by Crippen LogP contribution is 2.13. The number of rotatable bonds is 5. The molecule has 0 aliphatic heterocycles. The Morgan fingerprint density at radius 1 is 1.29 bits per heavy atom. The van der Waals surface area contributed by atoms with Gasteiger partial charge in [-0.1, -0.05) is 18.2 Å². The van der Waals surface area contributed by atoms with Gasteiger partial charge in [-0.15, -0.1) is 0 Å². The van der Waals surface area contributed by atoms with Gasteiger partial charge < -0.3 is 13.9 Å². The normalized spacial score (nSPS) is 11.6. The molecule has 0 fully saturated rings. The number of methoxy groups -OCH3 is 1. The molecule has 5 heteroatoms. The lowest BCUT2D eigenvalue weighted by Crippen LogP contribution is -2.10. The second-order valence-electron chi connectivity index (χ2n) is 4.14. The minimum Gasteiger partial charge on any atom is -0.503 e. The first-order valence-electron chi connectivity index (χ1n) is 6.29. The van der Waals surface area contributed by atoms with Crippen LogP contribution in [0.25, 0.3) is 6.08 Å². The van der Waals surface area contributed by atoms with Crippen LogP contribution in [0.2, 0.25) is 0 Å². The number of hydrogen-bond donors (Lipinski definition) is 0. The zero-order chi connectivity index (χ0) is 15.1. The molecule has 0 aliphatic rings. The van der Waals surface area contributed by atoms with E-state index < -0.39 is 5.97 Å². The Morgan fingerprint density at radius 2 is 2.05 bits per heavy atom. The van der Waals surface area contributed by atoms with Crippen LogP contribution in [-0.4, -0.2) is 18.1 Å². The van der Waals surface area contributed by atoms with Crippen molar-refractivity contribution < 1.29 is 18.7 Å². The van der Waals surface area contributed by atoms with E-state index in [1.807, 2.05) is 6.07 Å². The third-order valence-electron chi connectivity index (χ3n) is 2.50. The molecular formula is C16H15NO4. The van der Waals surface area contributed by atoms with E-state index in [1.54, 1.807) is 43.3 Å².